The zero-order chi connectivity index (χ0) is 18.4. The number of amides is 2. The van der Waals surface area contributed by atoms with Gasteiger partial charge in [0.25, 0.3) is 5.91 Å². The summed E-state index contributed by atoms with van der Waals surface area (Å²) in [5.41, 5.74) is 0.119. The first kappa shape index (κ1) is 19.1. The predicted molar refractivity (Wildman–Crippen MR) is 95.9 cm³/mol. The molecule has 0 unspecified atom stereocenters. The van der Waals surface area contributed by atoms with Crippen LogP contribution in [0.5, 0.6) is 5.75 Å². The molecule has 0 radical (unpaired) electrons. The molecule has 6 heteroatoms. The van der Waals surface area contributed by atoms with Crippen molar-refractivity contribution in [3.05, 3.63) is 29.8 Å². The van der Waals surface area contributed by atoms with E-state index in [2.05, 4.69) is 5.32 Å². The van der Waals surface area contributed by atoms with E-state index in [1.807, 2.05) is 27.7 Å². The second-order valence-electron chi connectivity index (χ2n) is 7.17. The Kier molecular flexibility index (Phi) is 6.28. The molecule has 1 aromatic carbocycles. The number of rotatable bonds is 4. The van der Waals surface area contributed by atoms with Crippen molar-refractivity contribution in [2.75, 3.05) is 19.7 Å². The Hall–Kier alpha value is -2.24. The predicted octanol–water partition coefficient (Wildman–Crippen LogP) is 3.21. The number of carbonyl (C=O) groups is 2. The molecule has 1 N–H and O–H groups in total. The van der Waals surface area contributed by atoms with Crippen molar-refractivity contribution in [2.24, 2.45) is 0 Å². The number of hydrogen-bond donors (Lipinski definition) is 1. The first-order chi connectivity index (χ1) is 11.8. The van der Waals surface area contributed by atoms with Crippen LogP contribution >= 0.6 is 0 Å². The maximum Gasteiger partial charge on any atom is 0.410 e. The van der Waals surface area contributed by atoms with E-state index >= 15 is 0 Å². The van der Waals surface area contributed by atoms with Gasteiger partial charge in [-0.1, -0.05) is 0 Å². The van der Waals surface area contributed by atoms with Gasteiger partial charge in [0.1, 0.15) is 11.4 Å². The average Bonchev–Trinajstić information content (AvgIpc) is 2.55. The van der Waals surface area contributed by atoms with E-state index in [-0.39, 0.29) is 18.0 Å². The van der Waals surface area contributed by atoms with Crippen LogP contribution in [-0.2, 0) is 4.74 Å². The van der Waals surface area contributed by atoms with Crippen LogP contribution in [0.1, 0.15) is 50.9 Å². The van der Waals surface area contributed by atoms with Crippen molar-refractivity contribution < 1.29 is 19.1 Å². The lowest BCUT2D eigenvalue weighted by Gasteiger charge is -2.33. The first-order valence-corrected chi connectivity index (χ1v) is 8.80. The van der Waals surface area contributed by atoms with E-state index < -0.39 is 5.60 Å². The van der Waals surface area contributed by atoms with Crippen molar-refractivity contribution >= 4 is 12.0 Å². The third-order valence-corrected chi connectivity index (χ3v) is 3.91. The minimum atomic E-state index is -0.490. The molecule has 2 rings (SSSR count). The number of nitrogens with one attached hydrogen (secondary N) is 1. The van der Waals surface area contributed by atoms with Gasteiger partial charge < -0.3 is 19.7 Å². The molecular weight excluding hydrogens is 320 g/mol. The van der Waals surface area contributed by atoms with Gasteiger partial charge in [-0.05, 0) is 64.8 Å². The van der Waals surface area contributed by atoms with Gasteiger partial charge in [0, 0.05) is 24.7 Å². The summed E-state index contributed by atoms with van der Waals surface area (Å²) in [4.78, 5) is 26.1. The Morgan fingerprint density at radius 2 is 1.76 bits per heavy atom. The fourth-order valence-corrected chi connectivity index (χ4v) is 2.67. The number of piperidine rings is 1. The maximum atomic E-state index is 12.3. The molecule has 138 valence electrons. The lowest BCUT2D eigenvalue weighted by molar-refractivity contribution is 0.0199. The molecule has 2 amide bonds. The summed E-state index contributed by atoms with van der Waals surface area (Å²) in [7, 11) is 0. The Morgan fingerprint density at radius 1 is 1.16 bits per heavy atom. The average molecular weight is 348 g/mol. The van der Waals surface area contributed by atoms with Crippen LogP contribution < -0.4 is 10.1 Å². The highest BCUT2D eigenvalue weighted by atomic mass is 16.6. The molecule has 0 atom stereocenters. The van der Waals surface area contributed by atoms with E-state index in [1.54, 1.807) is 29.2 Å². The second kappa shape index (κ2) is 8.23. The van der Waals surface area contributed by atoms with Gasteiger partial charge in [-0.3, -0.25) is 4.79 Å². The Morgan fingerprint density at radius 3 is 2.28 bits per heavy atom. The highest BCUT2D eigenvalue weighted by Crippen LogP contribution is 2.17. The molecule has 1 fully saturated rings. The van der Waals surface area contributed by atoms with Gasteiger partial charge >= 0.3 is 6.09 Å². The van der Waals surface area contributed by atoms with Crippen LogP contribution in [-0.4, -0.2) is 48.2 Å². The van der Waals surface area contributed by atoms with E-state index in [1.165, 1.54) is 0 Å². The monoisotopic (exact) mass is 348 g/mol. The van der Waals surface area contributed by atoms with E-state index in [0.717, 1.165) is 18.6 Å². The Labute approximate surface area is 149 Å². The molecule has 0 aliphatic carbocycles. The van der Waals surface area contributed by atoms with Crippen molar-refractivity contribution in [3.8, 4) is 5.75 Å². The molecule has 1 aliphatic heterocycles. The highest BCUT2D eigenvalue weighted by molar-refractivity contribution is 5.94. The molecule has 0 bridgehead atoms. The minimum absolute atomic E-state index is 0.0674. The Bertz CT molecular complexity index is 584. The standard InChI is InChI=1S/C19H28N2O4/c1-5-24-16-8-6-14(7-9-16)17(22)20-15-10-12-21(13-11-15)18(23)25-19(2,3)4/h6-9,15H,5,10-13H2,1-4H3,(H,20,22). The van der Waals surface area contributed by atoms with Gasteiger partial charge in [0.2, 0.25) is 0 Å². The second-order valence-corrected chi connectivity index (χ2v) is 7.17. The van der Waals surface area contributed by atoms with Crippen molar-refractivity contribution in [3.63, 3.8) is 0 Å². The zero-order valence-corrected chi connectivity index (χ0v) is 15.5. The van der Waals surface area contributed by atoms with Crippen LogP contribution in [0.3, 0.4) is 0 Å². The van der Waals surface area contributed by atoms with Gasteiger partial charge in [0.05, 0.1) is 6.61 Å². The highest BCUT2D eigenvalue weighted by Gasteiger charge is 2.27. The number of carbonyl (C=O) groups excluding carboxylic acids is 2. The van der Waals surface area contributed by atoms with E-state index in [4.69, 9.17) is 9.47 Å². The summed E-state index contributed by atoms with van der Waals surface area (Å²) in [5, 5.41) is 3.04. The first-order valence-electron chi connectivity index (χ1n) is 8.80. The van der Waals surface area contributed by atoms with E-state index in [9.17, 15) is 9.59 Å². The molecule has 0 saturated carbocycles. The number of ether oxygens (including phenoxy) is 2. The fourth-order valence-electron chi connectivity index (χ4n) is 2.67. The molecule has 0 spiro atoms. The van der Waals surface area contributed by atoms with Crippen LogP contribution in [0.15, 0.2) is 24.3 Å². The van der Waals surface area contributed by atoms with E-state index in [0.29, 0.717) is 25.3 Å². The smallest absolute Gasteiger partial charge is 0.410 e. The number of likely N-dealkylation sites (tertiary alicyclic amines) is 1. The van der Waals surface area contributed by atoms with Crippen LogP contribution in [0, 0.1) is 0 Å². The van der Waals surface area contributed by atoms with Crippen molar-refractivity contribution in [1.82, 2.24) is 10.2 Å². The summed E-state index contributed by atoms with van der Waals surface area (Å²) in [6.45, 7) is 9.26. The number of benzene rings is 1. The van der Waals surface area contributed by atoms with Gasteiger partial charge in [-0.15, -0.1) is 0 Å². The summed E-state index contributed by atoms with van der Waals surface area (Å²) >= 11 is 0. The maximum absolute atomic E-state index is 12.3. The molecule has 1 aliphatic rings. The molecular formula is C19H28N2O4. The van der Waals surface area contributed by atoms with Gasteiger partial charge in [-0.2, -0.15) is 0 Å². The fraction of sp³-hybridized carbons (Fsp3) is 0.579. The largest absolute Gasteiger partial charge is 0.494 e. The minimum Gasteiger partial charge on any atom is -0.494 e. The molecule has 1 saturated heterocycles. The molecule has 1 heterocycles. The van der Waals surface area contributed by atoms with Crippen molar-refractivity contribution in [2.45, 2.75) is 52.2 Å². The van der Waals surface area contributed by atoms with Gasteiger partial charge in [0.15, 0.2) is 0 Å². The molecule has 25 heavy (non-hydrogen) atoms. The van der Waals surface area contributed by atoms with Crippen LogP contribution in [0.4, 0.5) is 4.79 Å². The summed E-state index contributed by atoms with van der Waals surface area (Å²) in [6, 6.07) is 7.18. The molecule has 6 nitrogen and oxygen atoms in total. The lowest BCUT2D eigenvalue weighted by Crippen LogP contribution is -2.47. The molecule has 1 aromatic rings. The Balaban J connectivity index is 1.81. The third-order valence-electron chi connectivity index (χ3n) is 3.91. The normalized spacial score (nSPS) is 15.6. The van der Waals surface area contributed by atoms with Crippen molar-refractivity contribution in [1.29, 1.82) is 0 Å². The van der Waals surface area contributed by atoms with Crippen LogP contribution in [0.2, 0.25) is 0 Å². The van der Waals surface area contributed by atoms with Crippen LogP contribution in [0.25, 0.3) is 0 Å². The molecule has 0 aromatic heterocycles. The SMILES string of the molecule is CCOc1ccc(C(=O)NC2CCN(C(=O)OC(C)(C)C)CC2)cc1. The summed E-state index contributed by atoms with van der Waals surface area (Å²) in [6.07, 6.45) is 1.16. The lowest BCUT2D eigenvalue weighted by atomic mass is 10.0. The third kappa shape index (κ3) is 5.96. The zero-order valence-electron chi connectivity index (χ0n) is 15.5. The number of nitrogens with zero attached hydrogens (tertiary/aromatic N) is 1. The summed E-state index contributed by atoms with van der Waals surface area (Å²) < 4.78 is 10.8. The number of hydrogen-bond acceptors (Lipinski definition) is 4. The van der Waals surface area contributed by atoms with Gasteiger partial charge in [-0.25, -0.2) is 4.79 Å². The quantitative estimate of drug-likeness (QED) is 0.907. The topological polar surface area (TPSA) is 67.9 Å². The summed E-state index contributed by atoms with van der Waals surface area (Å²) in [5.74, 6) is 0.656.